The Morgan fingerprint density at radius 2 is 1.91 bits per heavy atom. The van der Waals surface area contributed by atoms with Crippen molar-refractivity contribution in [3.63, 3.8) is 0 Å². The van der Waals surface area contributed by atoms with Gasteiger partial charge in [0.05, 0.1) is 24.5 Å². The Hall–Kier alpha value is -3.59. The van der Waals surface area contributed by atoms with Crippen molar-refractivity contribution in [1.82, 2.24) is 20.0 Å². The van der Waals surface area contributed by atoms with E-state index in [0.717, 1.165) is 11.1 Å². The molecule has 2 aliphatic rings. The Morgan fingerprint density at radius 1 is 1.15 bits per heavy atom. The summed E-state index contributed by atoms with van der Waals surface area (Å²) >= 11 is 0. The molecule has 0 aliphatic carbocycles. The maximum absolute atomic E-state index is 13.1. The van der Waals surface area contributed by atoms with Gasteiger partial charge in [0.2, 0.25) is 0 Å². The summed E-state index contributed by atoms with van der Waals surface area (Å²) in [5, 5.41) is 2.95. The molecule has 3 amide bonds. The Balaban J connectivity index is 1.58. The summed E-state index contributed by atoms with van der Waals surface area (Å²) in [6.07, 6.45) is 1.49. The summed E-state index contributed by atoms with van der Waals surface area (Å²) in [6.45, 7) is 6.63. The first-order valence-electron chi connectivity index (χ1n) is 11.4. The Kier molecular flexibility index (Phi) is 7.02. The normalized spacial score (nSPS) is 19.3. The third-order valence-corrected chi connectivity index (χ3v) is 6.21. The lowest BCUT2D eigenvalue weighted by molar-refractivity contribution is -0.139. The maximum Gasteiger partial charge on any atom is 0.338 e. The third kappa shape index (κ3) is 4.84. The minimum absolute atomic E-state index is 0.134. The first-order chi connectivity index (χ1) is 16.4. The zero-order chi connectivity index (χ0) is 24.2. The average Bonchev–Trinajstić information content (AvgIpc) is 3.37. The van der Waals surface area contributed by atoms with Gasteiger partial charge in [0.25, 0.3) is 5.91 Å². The molecule has 180 valence electrons. The molecule has 0 spiro atoms. The molecule has 4 rings (SSSR count). The van der Waals surface area contributed by atoms with Gasteiger partial charge in [-0.25, -0.2) is 9.59 Å². The number of carbonyl (C=O) groups is 3. The Morgan fingerprint density at radius 3 is 2.56 bits per heavy atom. The van der Waals surface area contributed by atoms with Crippen LogP contribution in [0.15, 0.2) is 58.3 Å². The summed E-state index contributed by atoms with van der Waals surface area (Å²) in [7, 11) is 1.66. The summed E-state index contributed by atoms with van der Waals surface area (Å²) in [4.78, 5) is 43.9. The lowest BCUT2D eigenvalue weighted by Crippen LogP contribution is -2.53. The number of likely N-dealkylation sites (N-methyl/N-ethyl adjacent to an activating group) is 1. The topological polar surface area (TPSA) is 95.3 Å². The lowest BCUT2D eigenvalue weighted by atomic mass is 9.93. The number of esters is 1. The zero-order valence-corrected chi connectivity index (χ0v) is 19.7. The summed E-state index contributed by atoms with van der Waals surface area (Å²) in [5.41, 5.74) is 2.91. The van der Waals surface area contributed by atoms with Crippen LogP contribution in [0, 0.1) is 6.92 Å². The van der Waals surface area contributed by atoms with Crippen LogP contribution in [0.4, 0.5) is 4.79 Å². The molecular formula is C25H30N4O5. The molecule has 0 saturated carbocycles. The van der Waals surface area contributed by atoms with Crippen LogP contribution in [0.5, 0.6) is 0 Å². The molecule has 0 bridgehead atoms. The van der Waals surface area contributed by atoms with E-state index in [9.17, 15) is 14.4 Å². The molecule has 1 fully saturated rings. The molecule has 1 aromatic carbocycles. The van der Waals surface area contributed by atoms with Gasteiger partial charge >= 0.3 is 12.0 Å². The number of carbonyl (C=O) groups excluding carboxylic acids is 3. The van der Waals surface area contributed by atoms with Crippen LogP contribution in [0.2, 0.25) is 0 Å². The van der Waals surface area contributed by atoms with E-state index >= 15 is 0 Å². The minimum Gasteiger partial charge on any atom is -0.463 e. The van der Waals surface area contributed by atoms with Crippen LogP contribution in [-0.4, -0.2) is 79.0 Å². The van der Waals surface area contributed by atoms with E-state index in [1.807, 2.05) is 31.2 Å². The summed E-state index contributed by atoms with van der Waals surface area (Å²) in [6, 6.07) is 10.2. The monoisotopic (exact) mass is 466 g/mol. The molecular weight excluding hydrogens is 436 g/mol. The molecule has 0 radical (unpaired) electrons. The van der Waals surface area contributed by atoms with Gasteiger partial charge < -0.3 is 19.4 Å². The molecule has 3 heterocycles. The van der Waals surface area contributed by atoms with Gasteiger partial charge in [0.1, 0.15) is 0 Å². The van der Waals surface area contributed by atoms with Gasteiger partial charge in [-0.2, -0.15) is 0 Å². The van der Waals surface area contributed by atoms with Crippen molar-refractivity contribution < 1.29 is 23.5 Å². The van der Waals surface area contributed by atoms with Crippen molar-refractivity contribution in [2.24, 2.45) is 0 Å². The zero-order valence-electron chi connectivity index (χ0n) is 19.7. The molecule has 1 saturated heterocycles. The van der Waals surface area contributed by atoms with Gasteiger partial charge in [-0.15, -0.1) is 0 Å². The number of piperazine rings is 1. The van der Waals surface area contributed by atoms with E-state index in [2.05, 4.69) is 10.2 Å². The van der Waals surface area contributed by atoms with E-state index in [1.54, 1.807) is 31.0 Å². The molecule has 2 aromatic rings. The first-order valence-corrected chi connectivity index (χ1v) is 11.4. The Bertz CT molecular complexity index is 1090. The highest BCUT2D eigenvalue weighted by Gasteiger charge is 2.38. The molecule has 1 atom stereocenters. The number of furan rings is 1. The lowest BCUT2D eigenvalue weighted by Gasteiger charge is -2.39. The molecule has 34 heavy (non-hydrogen) atoms. The van der Waals surface area contributed by atoms with Crippen molar-refractivity contribution >= 4 is 17.9 Å². The van der Waals surface area contributed by atoms with E-state index in [0.29, 0.717) is 49.8 Å². The number of hydrogen-bond donors (Lipinski definition) is 1. The van der Waals surface area contributed by atoms with E-state index in [4.69, 9.17) is 9.15 Å². The molecule has 1 N–H and O–H groups in total. The van der Waals surface area contributed by atoms with Gasteiger partial charge in [-0.05, 0) is 31.5 Å². The van der Waals surface area contributed by atoms with Crippen LogP contribution >= 0.6 is 0 Å². The molecule has 9 heteroatoms. The second-order valence-electron chi connectivity index (χ2n) is 8.48. The number of amides is 3. The quantitative estimate of drug-likeness (QED) is 0.658. The standard InChI is InChI=1S/C25H30N4O5/c1-4-33-24(31)21-19(27(3)25(32)26-22(21)18-8-5-7-17(2)15-18)16-28-10-12-29(13-11-28)23(30)20-9-6-14-34-20/h5-9,14-15,22H,4,10-13,16H2,1-3H3,(H,26,32). The van der Waals surface area contributed by atoms with E-state index in [-0.39, 0.29) is 18.5 Å². The highest BCUT2D eigenvalue weighted by molar-refractivity contribution is 5.95. The molecule has 9 nitrogen and oxygen atoms in total. The second-order valence-corrected chi connectivity index (χ2v) is 8.48. The van der Waals surface area contributed by atoms with Crippen LogP contribution in [0.1, 0.15) is 34.6 Å². The minimum atomic E-state index is -0.598. The number of benzene rings is 1. The number of nitrogens with one attached hydrogen (secondary N) is 1. The van der Waals surface area contributed by atoms with Crippen molar-refractivity contribution in [2.75, 3.05) is 46.4 Å². The fraction of sp³-hybridized carbons (Fsp3) is 0.400. The predicted octanol–water partition coefficient (Wildman–Crippen LogP) is 2.56. The fourth-order valence-corrected chi connectivity index (χ4v) is 4.37. The number of urea groups is 1. The third-order valence-electron chi connectivity index (χ3n) is 6.21. The number of rotatable bonds is 6. The van der Waals surface area contributed by atoms with Crippen molar-refractivity contribution in [3.8, 4) is 0 Å². The SMILES string of the molecule is CCOC(=O)C1=C(CN2CCN(C(=O)c3ccco3)CC2)N(C)C(=O)NC1c1cccc(C)c1. The largest absolute Gasteiger partial charge is 0.463 e. The van der Waals surface area contributed by atoms with Gasteiger partial charge in [0.15, 0.2) is 5.76 Å². The number of hydrogen-bond acceptors (Lipinski definition) is 6. The van der Waals surface area contributed by atoms with Crippen molar-refractivity contribution in [1.29, 1.82) is 0 Å². The predicted molar refractivity (Wildman–Crippen MR) is 125 cm³/mol. The Labute approximate surface area is 198 Å². The number of aryl methyl sites for hydroxylation is 1. The van der Waals surface area contributed by atoms with Crippen LogP contribution in [0.3, 0.4) is 0 Å². The highest BCUT2D eigenvalue weighted by atomic mass is 16.5. The second kappa shape index (κ2) is 10.1. The smallest absolute Gasteiger partial charge is 0.338 e. The van der Waals surface area contributed by atoms with Gasteiger partial charge in [0, 0.05) is 45.5 Å². The molecule has 1 unspecified atom stereocenters. The van der Waals surface area contributed by atoms with Crippen LogP contribution in [-0.2, 0) is 9.53 Å². The van der Waals surface area contributed by atoms with E-state index < -0.39 is 12.0 Å². The van der Waals surface area contributed by atoms with Crippen molar-refractivity contribution in [2.45, 2.75) is 19.9 Å². The first kappa shape index (κ1) is 23.6. The fourth-order valence-electron chi connectivity index (χ4n) is 4.37. The molecule has 2 aliphatic heterocycles. The molecule has 1 aromatic heterocycles. The van der Waals surface area contributed by atoms with E-state index in [1.165, 1.54) is 11.2 Å². The van der Waals surface area contributed by atoms with Crippen molar-refractivity contribution in [3.05, 3.63) is 70.8 Å². The highest BCUT2D eigenvalue weighted by Crippen LogP contribution is 2.32. The average molecular weight is 467 g/mol. The maximum atomic E-state index is 13.1. The summed E-state index contributed by atoms with van der Waals surface area (Å²) in [5.74, 6) is -0.252. The van der Waals surface area contributed by atoms with Crippen LogP contribution < -0.4 is 5.32 Å². The number of nitrogens with zero attached hydrogens (tertiary/aromatic N) is 3. The van der Waals surface area contributed by atoms with Crippen LogP contribution in [0.25, 0.3) is 0 Å². The van der Waals surface area contributed by atoms with Gasteiger partial charge in [-0.1, -0.05) is 29.8 Å². The summed E-state index contributed by atoms with van der Waals surface area (Å²) < 4.78 is 10.6. The van der Waals surface area contributed by atoms with Gasteiger partial charge in [-0.3, -0.25) is 14.6 Å². The number of ether oxygens (including phenoxy) is 1.